The molecule has 0 spiro atoms. The molecule has 1 fully saturated rings. The van der Waals surface area contributed by atoms with Crippen LogP contribution in [0, 0.1) is 5.92 Å². The third-order valence-electron chi connectivity index (χ3n) is 3.19. The van der Waals surface area contributed by atoms with Crippen LogP contribution >= 0.6 is 11.8 Å². The number of hydrogen-bond acceptors (Lipinski definition) is 2. The van der Waals surface area contributed by atoms with Gasteiger partial charge in [0.1, 0.15) is 0 Å². The van der Waals surface area contributed by atoms with E-state index in [9.17, 15) is 0 Å². The Kier molecular flexibility index (Phi) is 4.30. The Bertz CT molecular complexity index is 320. The molecule has 2 heteroatoms. The molecule has 0 bridgehead atoms. The fourth-order valence-corrected chi connectivity index (χ4v) is 3.25. The van der Waals surface area contributed by atoms with Crippen molar-refractivity contribution in [2.45, 2.75) is 26.3 Å². The first kappa shape index (κ1) is 12.0. The first-order valence-electron chi connectivity index (χ1n) is 6.19. The van der Waals surface area contributed by atoms with E-state index in [2.05, 4.69) is 55.2 Å². The first-order chi connectivity index (χ1) is 7.79. The number of hydrogen-bond donors (Lipinski definition) is 1. The van der Waals surface area contributed by atoms with Crippen LogP contribution < -0.4 is 5.32 Å². The minimum atomic E-state index is 0.542. The van der Waals surface area contributed by atoms with Gasteiger partial charge in [-0.15, -0.1) is 0 Å². The van der Waals surface area contributed by atoms with Crippen molar-refractivity contribution in [1.29, 1.82) is 0 Å². The van der Waals surface area contributed by atoms with Crippen LogP contribution in [0.25, 0.3) is 0 Å². The lowest BCUT2D eigenvalue weighted by atomic mass is 10.0. The van der Waals surface area contributed by atoms with Crippen LogP contribution in [0.3, 0.4) is 0 Å². The van der Waals surface area contributed by atoms with Gasteiger partial charge in [0.2, 0.25) is 0 Å². The molecule has 0 aliphatic carbocycles. The molecular weight excluding hydrogens is 214 g/mol. The van der Waals surface area contributed by atoms with E-state index in [-0.39, 0.29) is 0 Å². The topological polar surface area (TPSA) is 12.0 Å². The monoisotopic (exact) mass is 235 g/mol. The van der Waals surface area contributed by atoms with Crippen LogP contribution in [0.15, 0.2) is 24.3 Å². The summed E-state index contributed by atoms with van der Waals surface area (Å²) in [6, 6.07) is 9.63. The van der Waals surface area contributed by atoms with Crippen LogP contribution in [0.4, 0.5) is 0 Å². The number of rotatable bonds is 2. The zero-order valence-corrected chi connectivity index (χ0v) is 11.0. The van der Waals surface area contributed by atoms with Crippen LogP contribution in [-0.4, -0.2) is 18.1 Å². The van der Waals surface area contributed by atoms with Crippen molar-refractivity contribution >= 4 is 11.8 Å². The summed E-state index contributed by atoms with van der Waals surface area (Å²) < 4.78 is 0. The Morgan fingerprint density at radius 2 is 2.00 bits per heavy atom. The summed E-state index contributed by atoms with van der Waals surface area (Å²) in [6.07, 6.45) is 1.13. The molecule has 2 unspecified atom stereocenters. The maximum atomic E-state index is 3.66. The van der Waals surface area contributed by atoms with Gasteiger partial charge in [0.05, 0.1) is 0 Å². The predicted molar refractivity (Wildman–Crippen MR) is 73.1 cm³/mol. The third-order valence-corrected chi connectivity index (χ3v) is 4.56. The molecule has 88 valence electrons. The highest BCUT2D eigenvalue weighted by atomic mass is 32.2. The number of benzene rings is 1. The van der Waals surface area contributed by atoms with Gasteiger partial charge in [-0.05, 0) is 35.8 Å². The zero-order valence-electron chi connectivity index (χ0n) is 10.2. The van der Waals surface area contributed by atoms with Gasteiger partial charge < -0.3 is 5.32 Å². The lowest BCUT2D eigenvalue weighted by Gasteiger charge is -2.16. The number of aryl methyl sites for hydroxylation is 1. The van der Waals surface area contributed by atoms with Crippen LogP contribution in [0.5, 0.6) is 0 Å². The Hall–Kier alpha value is -0.470. The van der Waals surface area contributed by atoms with Crippen LogP contribution in [0.1, 0.15) is 31.0 Å². The number of thioether (sulfide) groups is 1. The fourth-order valence-electron chi connectivity index (χ4n) is 2.05. The second-order valence-electron chi connectivity index (χ2n) is 4.70. The first-order valence-corrected chi connectivity index (χ1v) is 7.35. The smallest absolute Gasteiger partial charge is 0.0411 e. The molecule has 1 N–H and O–H groups in total. The molecule has 0 radical (unpaired) electrons. The lowest BCUT2D eigenvalue weighted by molar-refractivity contribution is 0.517. The van der Waals surface area contributed by atoms with Crippen LogP contribution in [-0.2, 0) is 6.42 Å². The van der Waals surface area contributed by atoms with Crippen molar-refractivity contribution in [2.24, 2.45) is 5.92 Å². The van der Waals surface area contributed by atoms with E-state index in [4.69, 9.17) is 0 Å². The van der Waals surface area contributed by atoms with Gasteiger partial charge in [-0.1, -0.05) is 38.1 Å². The average molecular weight is 235 g/mol. The van der Waals surface area contributed by atoms with Gasteiger partial charge in [-0.2, -0.15) is 11.8 Å². The highest BCUT2D eigenvalue weighted by molar-refractivity contribution is 7.99. The minimum absolute atomic E-state index is 0.542. The van der Waals surface area contributed by atoms with Gasteiger partial charge in [-0.3, -0.25) is 0 Å². The molecule has 1 aliphatic rings. The molecule has 0 amide bonds. The van der Waals surface area contributed by atoms with Gasteiger partial charge in [0.25, 0.3) is 0 Å². The Morgan fingerprint density at radius 1 is 1.25 bits per heavy atom. The summed E-state index contributed by atoms with van der Waals surface area (Å²) >= 11 is 2.07. The average Bonchev–Trinajstić information content (AvgIpc) is 2.54. The lowest BCUT2D eigenvalue weighted by Crippen LogP contribution is -2.25. The minimum Gasteiger partial charge on any atom is -0.309 e. The van der Waals surface area contributed by atoms with Crippen molar-refractivity contribution in [2.75, 3.05) is 18.1 Å². The molecule has 1 aromatic carbocycles. The van der Waals surface area contributed by atoms with E-state index in [1.54, 1.807) is 0 Å². The maximum absolute atomic E-state index is 3.66. The highest BCUT2D eigenvalue weighted by Crippen LogP contribution is 2.23. The summed E-state index contributed by atoms with van der Waals surface area (Å²) in [6.45, 7) is 5.67. The largest absolute Gasteiger partial charge is 0.309 e. The van der Waals surface area contributed by atoms with E-state index in [1.807, 2.05) is 0 Å². The van der Waals surface area contributed by atoms with E-state index in [0.717, 1.165) is 18.9 Å². The summed E-state index contributed by atoms with van der Waals surface area (Å²) in [5.74, 6) is 3.29. The van der Waals surface area contributed by atoms with E-state index in [0.29, 0.717) is 6.04 Å². The molecular formula is C14H21NS. The number of nitrogens with one attached hydrogen (secondary N) is 1. The van der Waals surface area contributed by atoms with E-state index >= 15 is 0 Å². The third kappa shape index (κ3) is 3.02. The SMILES string of the molecule is CCc1ccc(C2CSCC(C)CN2)cc1. The molecule has 1 aliphatic heterocycles. The molecule has 2 atom stereocenters. The maximum Gasteiger partial charge on any atom is 0.0411 e. The molecule has 1 heterocycles. The second kappa shape index (κ2) is 5.74. The van der Waals surface area contributed by atoms with E-state index in [1.165, 1.54) is 22.6 Å². The predicted octanol–water partition coefficient (Wildman–Crippen LogP) is 3.26. The summed E-state index contributed by atoms with van der Waals surface area (Å²) in [5.41, 5.74) is 2.87. The van der Waals surface area contributed by atoms with Crippen LogP contribution in [0.2, 0.25) is 0 Å². The van der Waals surface area contributed by atoms with Crippen molar-refractivity contribution in [3.63, 3.8) is 0 Å². The van der Waals surface area contributed by atoms with Gasteiger partial charge in [-0.25, -0.2) is 0 Å². The normalized spacial score (nSPS) is 26.4. The molecule has 0 aromatic heterocycles. The van der Waals surface area contributed by atoms with Gasteiger partial charge in [0.15, 0.2) is 0 Å². The highest BCUT2D eigenvalue weighted by Gasteiger charge is 2.16. The van der Waals surface area contributed by atoms with Gasteiger partial charge >= 0.3 is 0 Å². The zero-order chi connectivity index (χ0) is 11.4. The fraction of sp³-hybridized carbons (Fsp3) is 0.571. The summed E-state index contributed by atoms with van der Waals surface area (Å²) in [7, 11) is 0. The van der Waals surface area contributed by atoms with Gasteiger partial charge in [0, 0.05) is 11.8 Å². The summed E-state index contributed by atoms with van der Waals surface area (Å²) in [5, 5.41) is 3.66. The van der Waals surface area contributed by atoms with Crippen molar-refractivity contribution in [1.82, 2.24) is 5.32 Å². The van der Waals surface area contributed by atoms with Crippen molar-refractivity contribution < 1.29 is 0 Å². The molecule has 1 aromatic rings. The Labute approximate surface area is 103 Å². The molecule has 0 saturated carbocycles. The second-order valence-corrected chi connectivity index (χ2v) is 5.77. The Balaban J connectivity index is 2.04. The molecule has 1 saturated heterocycles. The Morgan fingerprint density at radius 3 is 2.69 bits per heavy atom. The standard InChI is InChI=1S/C14H21NS/c1-3-12-4-6-13(7-5-12)14-10-16-9-11(2)8-15-14/h4-7,11,14-15H,3,8-10H2,1-2H3. The molecule has 16 heavy (non-hydrogen) atoms. The van der Waals surface area contributed by atoms with Crippen molar-refractivity contribution in [3.8, 4) is 0 Å². The summed E-state index contributed by atoms with van der Waals surface area (Å²) in [4.78, 5) is 0. The van der Waals surface area contributed by atoms with Crippen molar-refractivity contribution in [3.05, 3.63) is 35.4 Å². The molecule has 2 rings (SSSR count). The molecule has 1 nitrogen and oxygen atoms in total. The quantitative estimate of drug-likeness (QED) is 0.844. The van der Waals surface area contributed by atoms with E-state index < -0.39 is 0 Å².